The molecule has 4 rings (SSSR count). The van der Waals surface area contributed by atoms with Crippen LogP contribution in [-0.4, -0.2) is 72.4 Å². The van der Waals surface area contributed by atoms with Gasteiger partial charge in [0.1, 0.15) is 18.6 Å². The van der Waals surface area contributed by atoms with Crippen molar-refractivity contribution in [2.75, 3.05) is 33.4 Å². The molecule has 3 heterocycles. The summed E-state index contributed by atoms with van der Waals surface area (Å²) in [5.41, 5.74) is 1.85. The maximum Gasteiger partial charge on any atom is 0.272 e. The molecule has 0 spiro atoms. The number of carbonyl (C=O) groups is 1. The molecule has 1 amide bonds. The lowest BCUT2D eigenvalue weighted by atomic mass is 9.99. The first-order valence-electron chi connectivity index (χ1n) is 11.5. The maximum absolute atomic E-state index is 13.2. The molecule has 2 fully saturated rings. The summed E-state index contributed by atoms with van der Waals surface area (Å²) in [7, 11) is 1.72. The fourth-order valence-corrected chi connectivity index (χ4v) is 4.73. The van der Waals surface area contributed by atoms with Gasteiger partial charge in [-0.1, -0.05) is 29.3 Å². The van der Waals surface area contributed by atoms with Crippen LogP contribution in [0, 0.1) is 6.92 Å². The summed E-state index contributed by atoms with van der Waals surface area (Å²) < 4.78 is 16.9. The number of carbonyl (C=O) groups excluding carboxylic acids is 1. The Labute approximate surface area is 209 Å². The third kappa shape index (κ3) is 5.98. The first kappa shape index (κ1) is 25.1. The minimum absolute atomic E-state index is 0.0689. The highest BCUT2D eigenvalue weighted by atomic mass is 35.5. The summed E-state index contributed by atoms with van der Waals surface area (Å²) in [4.78, 5) is 23.6. The number of rotatable bonds is 7. The topological polar surface area (TPSA) is 85.8 Å². The van der Waals surface area contributed by atoms with Crippen molar-refractivity contribution < 1.29 is 19.0 Å². The van der Waals surface area contributed by atoms with Crippen LogP contribution < -0.4 is 10.1 Å². The standard InChI is InChI=1S/C24H30Cl2N4O4/c1-15-22(27-14-28-23(15)34-12-16-3-4-18(25)19(26)11-16)24(31)30-8-5-17(6-9-30)29-20-7-10-33-13-21(20)32-2/h3-4,11,14,17,20-21,29H,5-10,12-13H2,1-2H3. The number of methoxy groups -OCH3 is 1. The van der Waals surface area contributed by atoms with Crippen LogP contribution in [0.2, 0.25) is 10.0 Å². The molecular formula is C24H30Cl2N4O4. The SMILES string of the molecule is COC1COCCC1NC1CCN(C(=O)c2ncnc(OCc3ccc(Cl)c(Cl)c3)c2C)CC1. The van der Waals surface area contributed by atoms with Crippen LogP contribution in [0.1, 0.15) is 40.9 Å². The average molecular weight is 509 g/mol. The summed E-state index contributed by atoms with van der Waals surface area (Å²) in [6.07, 6.45) is 4.13. The second-order valence-corrected chi connectivity index (χ2v) is 9.48. The molecule has 2 aliphatic heterocycles. The zero-order valence-corrected chi connectivity index (χ0v) is 20.9. The first-order chi connectivity index (χ1) is 16.5. The number of piperidine rings is 1. The Balaban J connectivity index is 1.33. The van der Waals surface area contributed by atoms with Crippen molar-refractivity contribution in [1.29, 1.82) is 0 Å². The Hall–Kier alpha value is -1.97. The van der Waals surface area contributed by atoms with E-state index < -0.39 is 0 Å². The Bertz CT molecular complexity index is 1000. The number of hydrogen-bond donors (Lipinski definition) is 1. The second-order valence-electron chi connectivity index (χ2n) is 8.67. The molecule has 2 atom stereocenters. The van der Waals surface area contributed by atoms with E-state index >= 15 is 0 Å². The van der Waals surface area contributed by atoms with E-state index in [9.17, 15) is 4.79 Å². The number of amides is 1. The minimum atomic E-state index is -0.0985. The van der Waals surface area contributed by atoms with Gasteiger partial charge in [-0.3, -0.25) is 4.79 Å². The number of likely N-dealkylation sites (tertiary alicyclic amines) is 1. The zero-order chi connectivity index (χ0) is 24.1. The molecule has 1 aromatic carbocycles. The first-order valence-corrected chi connectivity index (χ1v) is 12.3. The van der Waals surface area contributed by atoms with Gasteiger partial charge in [0.05, 0.1) is 22.8 Å². The predicted octanol–water partition coefficient (Wildman–Crippen LogP) is 3.67. The number of nitrogens with zero attached hydrogens (tertiary/aromatic N) is 3. The van der Waals surface area contributed by atoms with Gasteiger partial charge in [0, 0.05) is 44.5 Å². The van der Waals surface area contributed by atoms with Crippen molar-refractivity contribution in [2.45, 2.75) is 51.0 Å². The molecule has 2 saturated heterocycles. The van der Waals surface area contributed by atoms with Crippen molar-refractivity contribution in [1.82, 2.24) is 20.2 Å². The van der Waals surface area contributed by atoms with Crippen molar-refractivity contribution in [3.8, 4) is 5.88 Å². The van der Waals surface area contributed by atoms with E-state index in [2.05, 4.69) is 15.3 Å². The summed E-state index contributed by atoms with van der Waals surface area (Å²) >= 11 is 12.1. The third-order valence-corrected chi connectivity index (χ3v) is 7.18. The van der Waals surface area contributed by atoms with Crippen molar-refractivity contribution >= 4 is 29.1 Å². The number of hydrogen-bond acceptors (Lipinski definition) is 7. The number of nitrogens with one attached hydrogen (secondary N) is 1. The Kier molecular flexibility index (Phi) is 8.60. The minimum Gasteiger partial charge on any atom is -0.473 e. The van der Waals surface area contributed by atoms with E-state index in [1.807, 2.05) is 17.9 Å². The molecule has 1 aromatic heterocycles. The lowest BCUT2D eigenvalue weighted by Crippen LogP contribution is -2.54. The van der Waals surface area contributed by atoms with Gasteiger partial charge in [-0.05, 0) is 43.9 Å². The quantitative estimate of drug-likeness (QED) is 0.610. The monoisotopic (exact) mass is 508 g/mol. The summed E-state index contributed by atoms with van der Waals surface area (Å²) in [5, 5.41) is 4.66. The molecular weight excluding hydrogens is 479 g/mol. The lowest BCUT2D eigenvalue weighted by Gasteiger charge is -2.38. The van der Waals surface area contributed by atoms with Crippen LogP contribution in [0.25, 0.3) is 0 Å². The smallest absolute Gasteiger partial charge is 0.272 e. The normalized spacial score (nSPS) is 21.5. The van der Waals surface area contributed by atoms with Gasteiger partial charge in [0.25, 0.3) is 5.91 Å². The van der Waals surface area contributed by atoms with Crippen molar-refractivity contribution in [2.24, 2.45) is 0 Å². The third-order valence-electron chi connectivity index (χ3n) is 6.44. The predicted molar refractivity (Wildman–Crippen MR) is 130 cm³/mol. The highest BCUT2D eigenvalue weighted by Gasteiger charge is 2.31. The van der Waals surface area contributed by atoms with Crippen LogP contribution in [0.15, 0.2) is 24.5 Å². The fraction of sp³-hybridized carbons (Fsp3) is 0.542. The Morgan fingerprint density at radius 2 is 2.00 bits per heavy atom. The van der Waals surface area contributed by atoms with E-state index in [4.69, 9.17) is 37.4 Å². The van der Waals surface area contributed by atoms with Gasteiger partial charge in [-0.15, -0.1) is 0 Å². The molecule has 2 unspecified atom stereocenters. The van der Waals surface area contributed by atoms with Gasteiger partial charge in [-0.2, -0.15) is 0 Å². The van der Waals surface area contributed by atoms with Gasteiger partial charge in [0.15, 0.2) is 0 Å². The molecule has 0 bridgehead atoms. The van der Waals surface area contributed by atoms with Crippen LogP contribution in [0.4, 0.5) is 0 Å². The number of benzene rings is 1. The van der Waals surface area contributed by atoms with Crippen LogP contribution >= 0.6 is 23.2 Å². The molecule has 2 aliphatic rings. The van der Waals surface area contributed by atoms with Gasteiger partial charge in [-0.25, -0.2) is 9.97 Å². The number of ether oxygens (including phenoxy) is 3. The summed E-state index contributed by atoms with van der Waals surface area (Å²) in [5.74, 6) is 0.282. The van der Waals surface area contributed by atoms with E-state index in [0.717, 1.165) is 31.4 Å². The molecule has 184 valence electrons. The van der Waals surface area contributed by atoms with Gasteiger partial charge < -0.3 is 24.4 Å². The van der Waals surface area contributed by atoms with Gasteiger partial charge in [0.2, 0.25) is 5.88 Å². The molecule has 34 heavy (non-hydrogen) atoms. The van der Waals surface area contributed by atoms with E-state index in [-0.39, 0.29) is 24.7 Å². The largest absolute Gasteiger partial charge is 0.473 e. The lowest BCUT2D eigenvalue weighted by molar-refractivity contribution is -0.0533. The Morgan fingerprint density at radius 1 is 1.21 bits per heavy atom. The maximum atomic E-state index is 13.2. The van der Waals surface area contributed by atoms with E-state index in [1.165, 1.54) is 6.33 Å². The number of aromatic nitrogens is 2. The molecule has 0 radical (unpaired) electrons. The van der Waals surface area contributed by atoms with Crippen LogP contribution in [0.3, 0.4) is 0 Å². The van der Waals surface area contributed by atoms with Crippen molar-refractivity contribution in [3.05, 3.63) is 51.4 Å². The van der Waals surface area contributed by atoms with Gasteiger partial charge >= 0.3 is 0 Å². The summed E-state index contributed by atoms with van der Waals surface area (Å²) in [6.45, 7) is 4.77. The molecule has 0 saturated carbocycles. The van der Waals surface area contributed by atoms with Crippen LogP contribution in [-0.2, 0) is 16.1 Å². The molecule has 2 aromatic rings. The second kappa shape index (κ2) is 11.6. The molecule has 1 N–H and O–H groups in total. The average Bonchev–Trinajstić information content (AvgIpc) is 2.86. The molecule has 0 aliphatic carbocycles. The van der Waals surface area contributed by atoms with Crippen LogP contribution in [0.5, 0.6) is 5.88 Å². The summed E-state index contributed by atoms with van der Waals surface area (Å²) in [6, 6.07) is 5.94. The highest BCUT2D eigenvalue weighted by Crippen LogP contribution is 2.25. The Morgan fingerprint density at radius 3 is 2.74 bits per heavy atom. The number of halogens is 2. The molecule has 8 nitrogen and oxygen atoms in total. The molecule has 10 heteroatoms. The van der Waals surface area contributed by atoms with E-state index in [1.54, 1.807) is 19.2 Å². The fourth-order valence-electron chi connectivity index (χ4n) is 4.41. The van der Waals surface area contributed by atoms with E-state index in [0.29, 0.717) is 52.9 Å². The highest BCUT2D eigenvalue weighted by molar-refractivity contribution is 6.42. The van der Waals surface area contributed by atoms with Crippen molar-refractivity contribution in [3.63, 3.8) is 0 Å². The zero-order valence-electron chi connectivity index (χ0n) is 19.4.